The minimum atomic E-state index is -1.01. The number of carboxylic acid groups (broad SMARTS) is 1. The Morgan fingerprint density at radius 3 is 2.25 bits per heavy atom. The highest BCUT2D eigenvalue weighted by atomic mass is 127. The summed E-state index contributed by atoms with van der Waals surface area (Å²) in [5, 5.41) is 14.1. The monoisotopic (exact) mass is 680 g/mol. The summed E-state index contributed by atoms with van der Waals surface area (Å²) in [6, 6.07) is 21.0. The van der Waals surface area contributed by atoms with E-state index in [-0.39, 0.29) is 0 Å². The molecule has 1 N–H and O–H groups in total. The first-order chi connectivity index (χ1) is 15.4. The Balaban J connectivity index is 1.86. The van der Waals surface area contributed by atoms with Gasteiger partial charge in [0.15, 0.2) is 6.10 Å². The van der Waals surface area contributed by atoms with Crippen molar-refractivity contribution in [2.75, 3.05) is 0 Å². The summed E-state index contributed by atoms with van der Waals surface area (Å²) in [6.45, 7) is 1.52. The smallest absolute Gasteiger partial charge is 0.344 e. The molecule has 160 valence electrons. The van der Waals surface area contributed by atoms with Crippen molar-refractivity contribution in [1.82, 2.24) is 0 Å². The summed E-state index contributed by atoms with van der Waals surface area (Å²) < 4.78 is 10.9. The predicted octanol–water partition coefficient (Wildman–Crippen LogP) is 8.86. The van der Waals surface area contributed by atoms with Crippen LogP contribution in [0.3, 0.4) is 0 Å². The number of rotatable bonds is 4. The van der Waals surface area contributed by atoms with Crippen molar-refractivity contribution in [3.63, 3.8) is 0 Å². The molecule has 0 bridgehead atoms. The molecule has 0 fully saturated rings. The maximum atomic E-state index is 11.3. The molecule has 5 aromatic rings. The Bertz CT molecular complexity index is 1520. The summed E-state index contributed by atoms with van der Waals surface area (Å²) in [6.07, 6.45) is -0.958. The highest BCUT2D eigenvalue weighted by Gasteiger charge is 2.22. The molecule has 0 aliphatic rings. The predicted molar refractivity (Wildman–Crippen MR) is 148 cm³/mol. The fraction of sp³-hybridized carbons (Fsp3) is 0.0800. The van der Waals surface area contributed by atoms with Gasteiger partial charge in [0.25, 0.3) is 0 Å². The van der Waals surface area contributed by atoms with Crippen LogP contribution in [0.15, 0.2) is 69.6 Å². The zero-order chi connectivity index (χ0) is 22.6. The lowest BCUT2D eigenvalue weighted by atomic mass is 9.93. The fourth-order valence-electron chi connectivity index (χ4n) is 3.94. The van der Waals surface area contributed by atoms with Crippen LogP contribution in [0.2, 0.25) is 0 Å². The van der Waals surface area contributed by atoms with Gasteiger partial charge in [-0.25, -0.2) is 4.79 Å². The van der Waals surface area contributed by atoms with E-state index in [0.29, 0.717) is 14.7 Å². The van der Waals surface area contributed by atoms with E-state index in [1.807, 2.05) is 23.5 Å². The molecule has 0 amide bonds. The van der Waals surface area contributed by atoms with E-state index in [1.165, 1.54) is 41.4 Å². The van der Waals surface area contributed by atoms with Crippen molar-refractivity contribution < 1.29 is 14.6 Å². The zero-order valence-electron chi connectivity index (χ0n) is 16.7. The largest absolute Gasteiger partial charge is 0.479 e. The number of halogens is 3. The van der Waals surface area contributed by atoms with Crippen LogP contribution in [0.25, 0.3) is 42.1 Å². The minimum absolute atomic E-state index is 0.477. The number of thiophene rings is 1. The number of ether oxygens (including phenoxy) is 1. The number of carboxylic acids is 1. The van der Waals surface area contributed by atoms with Crippen LogP contribution >= 0.6 is 65.8 Å². The number of hydrogen-bond acceptors (Lipinski definition) is 3. The Morgan fingerprint density at radius 2 is 1.59 bits per heavy atom. The van der Waals surface area contributed by atoms with Gasteiger partial charge in [-0.1, -0.05) is 42.5 Å². The molecule has 32 heavy (non-hydrogen) atoms. The Hall–Kier alpha value is -1.68. The Labute approximate surface area is 218 Å². The summed E-state index contributed by atoms with van der Waals surface area (Å²) >= 11 is 11.5. The van der Waals surface area contributed by atoms with E-state index in [2.05, 4.69) is 103 Å². The fourth-order valence-corrected chi connectivity index (χ4v) is 7.55. The van der Waals surface area contributed by atoms with E-state index in [1.54, 1.807) is 0 Å². The molecule has 1 atom stereocenters. The summed E-state index contributed by atoms with van der Waals surface area (Å²) in [5.74, 6) is -0.534. The van der Waals surface area contributed by atoms with Gasteiger partial charge in [-0.2, -0.15) is 0 Å². The highest BCUT2D eigenvalue weighted by Crippen LogP contribution is 2.48. The maximum Gasteiger partial charge on any atom is 0.344 e. The molecule has 1 aromatic heterocycles. The zero-order valence-corrected chi connectivity index (χ0v) is 22.8. The summed E-state index contributed by atoms with van der Waals surface area (Å²) in [7, 11) is 0. The SMILES string of the molecule is C[C@@H](Oc1c(Br)cc(-c2c3ccccc3c(I)c3sc4ccccc4c23)cc1Br)C(=O)O. The first-order valence-electron chi connectivity index (χ1n) is 9.77. The average molecular weight is 682 g/mol. The van der Waals surface area contributed by atoms with Gasteiger partial charge < -0.3 is 9.84 Å². The van der Waals surface area contributed by atoms with Crippen LogP contribution in [-0.4, -0.2) is 17.2 Å². The van der Waals surface area contributed by atoms with Crippen LogP contribution < -0.4 is 4.74 Å². The van der Waals surface area contributed by atoms with Gasteiger partial charge in [0.05, 0.1) is 13.6 Å². The molecule has 0 aliphatic carbocycles. The number of benzene rings is 4. The third-order valence-corrected chi connectivity index (χ3v) is 9.26. The molecule has 3 nitrogen and oxygen atoms in total. The lowest BCUT2D eigenvalue weighted by Crippen LogP contribution is -2.23. The van der Waals surface area contributed by atoms with Gasteiger partial charge in [0.2, 0.25) is 0 Å². The van der Waals surface area contributed by atoms with Crippen LogP contribution in [-0.2, 0) is 4.79 Å². The van der Waals surface area contributed by atoms with Gasteiger partial charge in [-0.05, 0) is 101 Å². The number of carbonyl (C=O) groups is 1. The van der Waals surface area contributed by atoms with Crippen LogP contribution in [0.5, 0.6) is 5.75 Å². The topological polar surface area (TPSA) is 46.5 Å². The first kappa shape index (κ1) is 22.1. The molecule has 0 aliphatic heterocycles. The van der Waals surface area contributed by atoms with Crippen molar-refractivity contribution in [1.29, 1.82) is 0 Å². The highest BCUT2D eigenvalue weighted by molar-refractivity contribution is 14.1. The summed E-state index contributed by atoms with van der Waals surface area (Å²) in [5.41, 5.74) is 2.19. The van der Waals surface area contributed by atoms with Crippen molar-refractivity contribution in [3.05, 3.63) is 73.2 Å². The molecule has 0 unspecified atom stereocenters. The normalized spacial score (nSPS) is 12.5. The first-order valence-corrected chi connectivity index (χ1v) is 13.2. The van der Waals surface area contributed by atoms with Crippen molar-refractivity contribution in [3.8, 4) is 16.9 Å². The number of hydrogen-bond donors (Lipinski definition) is 1. The van der Waals surface area contributed by atoms with Crippen molar-refractivity contribution in [2.45, 2.75) is 13.0 Å². The number of fused-ring (bicyclic) bond motifs is 4. The van der Waals surface area contributed by atoms with Crippen LogP contribution in [0, 0.1) is 3.57 Å². The Morgan fingerprint density at radius 1 is 1.00 bits per heavy atom. The van der Waals surface area contributed by atoms with Crippen molar-refractivity contribution in [2.24, 2.45) is 0 Å². The molecule has 4 aromatic carbocycles. The molecule has 7 heteroatoms. The molecular formula is C25H15Br2IO3S. The Kier molecular flexibility index (Phi) is 5.94. The molecule has 0 radical (unpaired) electrons. The quantitative estimate of drug-likeness (QED) is 0.193. The minimum Gasteiger partial charge on any atom is -0.479 e. The second-order valence-corrected chi connectivity index (χ2v) is 11.2. The molecule has 0 spiro atoms. The standard InChI is InChI=1S/C25H15Br2IO3S/c1-12(25(29)30)31-23-17(26)10-13(11-18(23)27)20-14-6-2-3-7-15(14)22(28)24-21(20)16-8-4-5-9-19(16)32-24/h2-12H,1H3,(H,29,30)/t12-/m1/s1. The van der Waals surface area contributed by atoms with Gasteiger partial charge in [-0.3, -0.25) is 0 Å². The summed E-state index contributed by atoms with van der Waals surface area (Å²) in [4.78, 5) is 11.3. The van der Waals surface area contributed by atoms with E-state index >= 15 is 0 Å². The van der Waals surface area contributed by atoms with Crippen molar-refractivity contribution >= 4 is 103 Å². The molecule has 5 rings (SSSR count). The maximum absolute atomic E-state index is 11.3. The van der Waals surface area contributed by atoms with E-state index in [0.717, 1.165) is 11.1 Å². The second kappa shape index (κ2) is 8.59. The lowest BCUT2D eigenvalue weighted by molar-refractivity contribution is -0.144. The molecule has 1 heterocycles. The molecular weight excluding hydrogens is 667 g/mol. The number of aliphatic carboxylic acids is 1. The molecule has 0 saturated heterocycles. The van der Waals surface area contributed by atoms with E-state index in [4.69, 9.17) is 4.74 Å². The average Bonchev–Trinajstić information content (AvgIpc) is 3.16. The van der Waals surface area contributed by atoms with Crippen LogP contribution in [0.4, 0.5) is 0 Å². The molecule has 0 saturated carbocycles. The lowest BCUT2D eigenvalue weighted by Gasteiger charge is -2.17. The second-order valence-electron chi connectivity index (χ2n) is 7.40. The van der Waals surface area contributed by atoms with Gasteiger partial charge >= 0.3 is 5.97 Å². The third-order valence-electron chi connectivity index (χ3n) is 5.41. The third kappa shape index (κ3) is 3.63. The van der Waals surface area contributed by atoms with Gasteiger partial charge in [0, 0.05) is 19.0 Å². The van der Waals surface area contributed by atoms with Gasteiger partial charge in [0.1, 0.15) is 5.75 Å². The van der Waals surface area contributed by atoms with E-state index < -0.39 is 12.1 Å². The van der Waals surface area contributed by atoms with E-state index in [9.17, 15) is 9.90 Å². The van der Waals surface area contributed by atoms with Gasteiger partial charge in [-0.15, -0.1) is 11.3 Å². The van der Waals surface area contributed by atoms with Crippen LogP contribution in [0.1, 0.15) is 6.92 Å².